The maximum atomic E-state index is 13.9. The number of epoxide rings is 1. The van der Waals surface area contributed by atoms with Crippen molar-refractivity contribution in [3.63, 3.8) is 0 Å². The van der Waals surface area contributed by atoms with Crippen LogP contribution in [0, 0.1) is 36.0 Å². The molecule has 832 valence electrons. The number of nitrogens with zero attached hydrogens (tertiary/aromatic N) is 1. The minimum absolute atomic E-state index is 0.0226. The third-order valence-electron chi connectivity index (χ3n) is 27.9. The molecule has 24 rings (SSSR count). The van der Waals surface area contributed by atoms with Crippen molar-refractivity contribution in [2.75, 3.05) is 83.3 Å². The molecule has 23 saturated heterocycles. The number of amides is 1. The molecule has 25 N–H and O–H groups in total. The normalized spacial score (nSPS) is 41.4. The van der Waals surface area contributed by atoms with Gasteiger partial charge in [-0.05, 0) is 97.8 Å². The molecule has 0 spiro atoms. The molecule has 50 nitrogen and oxygen atoms in total. The van der Waals surface area contributed by atoms with Gasteiger partial charge < -0.3 is 209 Å². The Bertz CT molecular complexity index is 4230. The molecular formula is C92H149N3O47S3. The molecule has 14 bridgehead atoms. The van der Waals surface area contributed by atoms with Gasteiger partial charge >= 0.3 is 17.9 Å². The van der Waals surface area contributed by atoms with Crippen LogP contribution in [0.2, 0.25) is 0 Å². The molecule has 1 aromatic heterocycles. The number of hydrogen-bond acceptors (Lipinski definition) is 50. The number of aryl methyl sites for hydroxylation is 1. The summed E-state index contributed by atoms with van der Waals surface area (Å²) in [5.74, 6) is -8.71. The molecule has 0 saturated carbocycles. The number of hydrogen-bond donors (Lipinski definition) is 24. The second-order valence-electron chi connectivity index (χ2n) is 39.1. The van der Waals surface area contributed by atoms with Gasteiger partial charge in [-0.2, -0.15) is 11.8 Å². The van der Waals surface area contributed by atoms with Crippen LogP contribution in [0.25, 0.3) is 6.08 Å². The zero-order valence-corrected chi connectivity index (χ0v) is 84.6. The second-order valence-corrected chi connectivity index (χ2v) is 42.4. The number of carboxylic acids is 2. The minimum atomic E-state index is -2.31. The summed E-state index contributed by atoms with van der Waals surface area (Å²) in [6.07, 6.45) is -66.2. The minimum Gasteiger partial charge on any atom is -0.481 e. The highest BCUT2D eigenvalue weighted by molar-refractivity contribution is 7.99. The van der Waals surface area contributed by atoms with Gasteiger partial charge in [-0.25, -0.2) is 4.98 Å². The van der Waals surface area contributed by atoms with Crippen LogP contribution in [-0.2, 0) is 119 Å². The smallest absolute Gasteiger partial charge is 0.307 e. The molecule has 0 aliphatic carbocycles. The summed E-state index contributed by atoms with van der Waals surface area (Å²) in [4.78, 5) is 94.0. The van der Waals surface area contributed by atoms with Gasteiger partial charge in [0.1, 0.15) is 188 Å². The monoisotopic (exact) mass is 2140 g/mol. The molecule has 23 aliphatic heterocycles. The number of ketones is 3. The third-order valence-corrected chi connectivity index (χ3v) is 31.2. The Balaban J connectivity index is 0.000000417. The summed E-state index contributed by atoms with van der Waals surface area (Å²) in [6.45, 7) is 11.3. The molecule has 1 aromatic rings. The van der Waals surface area contributed by atoms with Crippen molar-refractivity contribution in [1.29, 1.82) is 0 Å². The highest BCUT2D eigenvalue weighted by Gasteiger charge is 2.62. The fourth-order valence-electron chi connectivity index (χ4n) is 18.7. The average Bonchev–Trinajstić information content (AvgIpc) is 1.75. The van der Waals surface area contributed by atoms with E-state index in [1.54, 1.807) is 32.1 Å². The van der Waals surface area contributed by atoms with Gasteiger partial charge in [0, 0.05) is 60.7 Å². The molecule has 145 heavy (non-hydrogen) atoms. The van der Waals surface area contributed by atoms with E-state index in [-0.39, 0.29) is 111 Å². The summed E-state index contributed by atoms with van der Waals surface area (Å²) in [5, 5.41) is 254. The lowest BCUT2D eigenvalue weighted by Gasteiger charge is -2.50. The van der Waals surface area contributed by atoms with Crippen molar-refractivity contribution in [3.8, 4) is 0 Å². The molecule has 44 atom stereocenters. The number of aromatic nitrogens is 1. The Kier molecular flexibility index (Phi) is 47.7. The molecule has 23 fully saturated rings. The number of Topliss-reactive ketones (excluding diaryl/α,β-unsaturated/α-hetero) is 3. The van der Waals surface area contributed by atoms with E-state index in [9.17, 15) is 146 Å². The molecule has 24 heterocycles. The lowest BCUT2D eigenvalue weighted by atomic mass is 9.72. The van der Waals surface area contributed by atoms with Crippen molar-refractivity contribution in [2.45, 2.75) is 390 Å². The Hall–Kier alpha value is -4.56. The number of carboxylic acid groups (broad SMARTS) is 2. The molecule has 53 heteroatoms. The number of rotatable bonds is 34. The van der Waals surface area contributed by atoms with Crippen LogP contribution in [0.4, 0.5) is 0 Å². The van der Waals surface area contributed by atoms with Crippen LogP contribution >= 0.6 is 34.9 Å². The Morgan fingerprint density at radius 2 is 0.945 bits per heavy atom. The third kappa shape index (κ3) is 31.7. The number of esters is 1. The Labute approximate surface area is 849 Å². The molecule has 16 unspecified atom stereocenters. The number of ether oxygens (including phenoxy) is 18. The number of nitrogens with one attached hydrogen (secondary N) is 1. The summed E-state index contributed by atoms with van der Waals surface area (Å²) >= 11 is 3.01. The predicted molar refractivity (Wildman–Crippen MR) is 497 cm³/mol. The number of aliphatic hydroxyl groups is 20. The molecular weight excluding hydrogens is 2000 g/mol. The largest absolute Gasteiger partial charge is 0.481 e. The van der Waals surface area contributed by atoms with E-state index in [0.29, 0.717) is 31.1 Å². The SMILES string of the molecule is C/C(=C\c1csc(C)n1)[C@@H]1C[C@@H]2O[C@]2(C)CCC[C@H](C)[C@H](O)[C@@H](C)C(=O)C(C)(C)[C@@H](OC(=O)CCCCCN)CC(=O)N1.CCC(CSC1O[C@@H]2O[C@@H]3C(CO)O[C@H](O[C@@H]4C(CO)O[C@H](O[C@@H]5C(CO)O[C@H](O[C@@H]6C(CSCC(CC(=O)CCOCCOCCC(C)=O)C(=O)O)O[C@H](O[C@@H]7C(CO)O[C@H](O[C@@H]8C(CO)O[C@H](O[C@H]1[C@H](O)C2O)C(O)[C@H]8O)C(O)[C@H]7O)C(O)[C@H]6O)C(O)[C@H]5O)C(O)[C@H]4O)C(O)[C@H]3O)C(=O)O. The van der Waals surface area contributed by atoms with Crippen molar-refractivity contribution in [2.24, 2.45) is 34.8 Å². The van der Waals surface area contributed by atoms with Crippen LogP contribution in [0.1, 0.15) is 150 Å². The predicted octanol–water partition coefficient (Wildman–Crippen LogP) is -6.50. The van der Waals surface area contributed by atoms with Crippen LogP contribution in [-0.4, -0.2) is 486 Å². The van der Waals surface area contributed by atoms with E-state index in [1.807, 2.05) is 32.2 Å². The fraction of sp³-hybridized carbons (Fsp3) is 0.870. The van der Waals surface area contributed by atoms with E-state index >= 15 is 0 Å². The quantitative estimate of drug-likeness (QED) is 0.0173. The second kappa shape index (κ2) is 56.5. The average molecular weight is 2150 g/mol. The van der Waals surface area contributed by atoms with Gasteiger partial charge in [0.25, 0.3) is 0 Å². The maximum absolute atomic E-state index is 13.9. The lowest BCUT2D eigenvalue weighted by Crippen LogP contribution is -2.68. The van der Waals surface area contributed by atoms with Gasteiger partial charge in [0.2, 0.25) is 5.91 Å². The first-order valence-electron chi connectivity index (χ1n) is 48.9. The number of aliphatic hydroxyl groups excluding tert-OH is 20. The van der Waals surface area contributed by atoms with Crippen LogP contribution in [0.15, 0.2) is 11.0 Å². The summed E-state index contributed by atoms with van der Waals surface area (Å²) in [6, 6.07) is -0.319. The maximum Gasteiger partial charge on any atom is 0.307 e. The molecule has 0 radical (unpaired) electrons. The number of carbonyl (C=O) groups is 7. The van der Waals surface area contributed by atoms with E-state index in [0.717, 1.165) is 60.1 Å². The van der Waals surface area contributed by atoms with Crippen molar-refractivity contribution < 1.29 is 231 Å². The first-order valence-corrected chi connectivity index (χ1v) is 52.0. The summed E-state index contributed by atoms with van der Waals surface area (Å²) in [7, 11) is 0. The number of thiazole rings is 1. The standard InChI is InChI=1S/C59H96O41S2.C33H53N3O6S/c1-3-20(50(81)82)17-102-59-49-35(73)42(80)58(100-59)97-47-27(15-64)89-54(38(76)32(47)70)93-43-23(11-60)87-52(36(74)29(43)67)94-44-24(12-61)90-55(39(77)31(44)69)98-48-28(18-101-16-21(51(83)84)10-22(66)5-7-86-9-8-85-6-4-19(2)65)92-57(41(79)34(48)72)96-46-25(13-62)88-53(37(75)30(46)68)95-45-26(14-63)91-56(99-49)40(78)33(45)71;1-20-12-11-14-33(7)27(42-33)17-25(21(2)16-24-19-43-23(4)35-24)36-28(37)18-26(41-29(38)13-9-8-10-15-34)32(5,6)31(40)22(3)30(20)39/h20-21,23-49,52-64,67-80H,3-18H2,1-2H3,(H,81,82)(H,83,84);16,19-20,22,25-27,30,39H,8-15,17-18,34H2,1-7H3,(H,36,37)/b;21-16+/t20?,21?,23?,24?,25?,26?,27?,28?,29-,30-,31-,32-,33-,34-,35-,36?,37?,38?,39?,40?,41?,42?,43-,44-,45-,46-,47-,48-,49+,52-,53-,54-,55-,56-,57-,58+,59?;20-,22+,25-,26-,27-,30-,33+/m10/s1. The number of unbranched alkanes of at least 4 members (excludes halogenated alkanes) is 2. The fourth-order valence-corrected chi connectivity index (χ4v) is 21.8. The number of carbonyl (C=O) groups excluding carboxylic acids is 5. The summed E-state index contributed by atoms with van der Waals surface area (Å²) in [5.41, 5.74) is 4.21. The number of fused-ring (bicyclic) bond motifs is 1. The van der Waals surface area contributed by atoms with Gasteiger partial charge in [-0.3, -0.25) is 33.6 Å². The van der Waals surface area contributed by atoms with Gasteiger partial charge in [0.05, 0.1) is 124 Å². The van der Waals surface area contributed by atoms with E-state index in [1.165, 1.54) is 13.8 Å². The van der Waals surface area contributed by atoms with Crippen LogP contribution < -0.4 is 11.1 Å². The van der Waals surface area contributed by atoms with E-state index in [4.69, 9.17) is 91.0 Å². The van der Waals surface area contributed by atoms with Gasteiger partial charge in [-0.15, -0.1) is 23.1 Å². The topological polar surface area (TPSA) is 785 Å². The molecule has 23 aliphatic rings. The number of nitrogens with two attached hydrogens (primary N) is 1. The van der Waals surface area contributed by atoms with Crippen molar-refractivity contribution in [3.05, 3.63) is 21.7 Å². The Morgan fingerprint density at radius 3 is 1.35 bits per heavy atom. The van der Waals surface area contributed by atoms with Crippen molar-refractivity contribution >= 4 is 82.1 Å². The Morgan fingerprint density at radius 1 is 0.531 bits per heavy atom. The zero-order valence-electron chi connectivity index (χ0n) is 82.2. The van der Waals surface area contributed by atoms with Crippen molar-refractivity contribution in [1.82, 2.24) is 10.3 Å². The number of thioether (sulfide) groups is 2. The summed E-state index contributed by atoms with van der Waals surface area (Å²) < 4.78 is 105. The van der Waals surface area contributed by atoms with Crippen LogP contribution in [0.3, 0.4) is 0 Å². The van der Waals surface area contributed by atoms with Gasteiger partial charge in [-0.1, -0.05) is 33.6 Å². The first kappa shape index (κ1) is 122. The number of aliphatic carboxylic acids is 2. The molecule has 0 aromatic carbocycles. The lowest BCUT2D eigenvalue weighted by molar-refractivity contribution is -0.394. The zero-order chi connectivity index (χ0) is 107. The first-order chi connectivity index (χ1) is 68.7. The highest BCUT2D eigenvalue weighted by atomic mass is 32.2. The highest BCUT2D eigenvalue weighted by Crippen LogP contribution is 2.47. The van der Waals surface area contributed by atoms with E-state index in [2.05, 4.69) is 17.2 Å². The van der Waals surface area contributed by atoms with Gasteiger partial charge in [0.15, 0.2) is 44.0 Å². The van der Waals surface area contributed by atoms with Crippen LogP contribution in [0.5, 0.6) is 0 Å². The van der Waals surface area contributed by atoms with E-state index < -0.39 is 319 Å². The molecule has 1 amide bonds.